The van der Waals surface area contributed by atoms with Crippen LogP contribution in [0.25, 0.3) is 21.3 Å². The predicted molar refractivity (Wildman–Crippen MR) is 89.1 cm³/mol. The number of hydrogen-bond acceptors (Lipinski definition) is 4. The lowest BCUT2D eigenvalue weighted by Crippen LogP contribution is -2.30. The molecule has 0 radical (unpaired) electrons. The van der Waals surface area contributed by atoms with E-state index in [1.807, 2.05) is 23.6 Å². The number of fused-ring (bicyclic) bond motifs is 1. The smallest absolute Gasteiger partial charge is 0.251 e. The first-order valence-corrected chi connectivity index (χ1v) is 7.92. The van der Waals surface area contributed by atoms with E-state index >= 15 is 0 Å². The highest BCUT2D eigenvalue weighted by Crippen LogP contribution is 2.29. The molecule has 1 atom stereocenters. The topological polar surface area (TPSA) is 62.2 Å². The summed E-state index contributed by atoms with van der Waals surface area (Å²) in [6.45, 7) is 1.88. The summed E-state index contributed by atoms with van der Waals surface area (Å²) in [5.74, 6) is -0.186. The van der Waals surface area contributed by atoms with Crippen LogP contribution in [-0.4, -0.2) is 28.6 Å². The molecule has 4 nitrogen and oxygen atoms in total. The first-order chi connectivity index (χ1) is 10.6. The monoisotopic (exact) mass is 312 g/mol. The Hall–Kier alpha value is -2.24. The van der Waals surface area contributed by atoms with E-state index in [1.165, 1.54) is 4.70 Å². The molecule has 0 aliphatic carbocycles. The molecule has 112 valence electrons. The highest BCUT2D eigenvalue weighted by atomic mass is 32.1. The van der Waals surface area contributed by atoms with Crippen LogP contribution in [0.2, 0.25) is 0 Å². The lowest BCUT2D eigenvalue weighted by molar-refractivity contribution is 0.0924. The summed E-state index contributed by atoms with van der Waals surface area (Å²) in [7, 11) is 0. The first kappa shape index (κ1) is 14.7. The summed E-state index contributed by atoms with van der Waals surface area (Å²) in [5.41, 5.74) is 2.48. The molecule has 2 aromatic heterocycles. The number of aliphatic hydroxyl groups is 1. The maximum absolute atomic E-state index is 11.9. The van der Waals surface area contributed by atoms with Crippen molar-refractivity contribution in [2.45, 2.75) is 13.0 Å². The van der Waals surface area contributed by atoms with Crippen LogP contribution in [0.1, 0.15) is 17.3 Å². The number of rotatable bonds is 4. The lowest BCUT2D eigenvalue weighted by Gasteiger charge is -2.08. The molecular weight excluding hydrogens is 296 g/mol. The van der Waals surface area contributed by atoms with Gasteiger partial charge in [-0.2, -0.15) is 0 Å². The molecule has 0 saturated heterocycles. The van der Waals surface area contributed by atoms with Gasteiger partial charge in [-0.1, -0.05) is 12.1 Å². The number of aliphatic hydroxyl groups excluding tert-OH is 1. The zero-order valence-corrected chi connectivity index (χ0v) is 12.9. The van der Waals surface area contributed by atoms with Gasteiger partial charge in [0.25, 0.3) is 5.91 Å². The van der Waals surface area contributed by atoms with E-state index in [2.05, 4.69) is 16.4 Å². The molecule has 0 aliphatic rings. The Morgan fingerprint density at radius 2 is 2.05 bits per heavy atom. The van der Waals surface area contributed by atoms with Gasteiger partial charge in [0.1, 0.15) is 0 Å². The summed E-state index contributed by atoms with van der Waals surface area (Å²) in [6.07, 6.45) is 1.25. The molecule has 0 fully saturated rings. The summed E-state index contributed by atoms with van der Waals surface area (Å²) in [4.78, 5) is 16.4. The van der Waals surface area contributed by atoms with Crippen molar-refractivity contribution < 1.29 is 9.90 Å². The highest BCUT2D eigenvalue weighted by Gasteiger charge is 2.09. The molecular formula is C17H16N2O2S. The van der Waals surface area contributed by atoms with Gasteiger partial charge in [-0.05, 0) is 36.6 Å². The summed E-state index contributed by atoms with van der Waals surface area (Å²) in [5, 5.41) is 15.1. The molecule has 2 N–H and O–H groups in total. The van der Waals surface area contributed by atoms with Crippen molar-refractivity contribution in [1.29, 1.82) is 0 Å². The van der Waals surface area contributed by atoms with Crippen LogP contribution in [-0.2, 0) is 0 Å². The highest BCUT2D eigenvalue weighted by molar-refractivity contribution is 7.17. The fourth-order valence-electron chi connectivity index (χ4n) is 2.25. The molecule has 2 heterocycles. The second-order valence-corrected chi connectivity index (χ2v) is 6.08. The Morgan fingerprint density at radius 3 is 2.77 bits per heavy atom. The van der Waals surface area contributed by atoms with E-state index in [9.17, 15) is 9.90 Å². The van der Waals surface area contributed by atoms with Crippen molar-refractivity contribution >= 4 is 27.3 Å². The van der Waals surface area contributed by atoms with Crippen LogP contribution in [0.15, 0.2) is 48.0 Å². The van der Waals surface area contributed by atoms with E-state index in [4.69, 9.17) is 0 Å². The second-order valence-electron chi connectivity index (χ2n) is 5.13. The first-order valence-electron chi connectivity index (χ1n) is 7.04. The van der Waals surface area contributed by atoms with E-state index in [1.54, 1.807) is 36.6 Å². The fourth-order valence-corrected chi connectivity index (χ4v) is 3.03. The van der Waals surface area contributed by atoms with Gasteiger partial charge in [0.05, 0.1) is 11.8 Å². The fraction of sp³-hybridized carbons (Fsp3) is 0.176. The average molecular weight is 312 g/mol. The Balaban J connectivity index is 1.85. The average Bonchev–Trinajstić information content (AvgIpc) is 3.01. The summed E-state index contributed by atoms with van der Waals surface area (Å²) >= 11 is 1.69. The van der Waals surface area contributed by atoms with Gasteiger partial charge < -0.3 is 10.4 Å². The van der Waals surface area contributed by atoms with Gasteiger partial charge >= 0.3 is 0 Å². The molecule has 0 saturated carbocycles. The SMILES string of the molecule is CC(O)CNC(=O)c1ccc(-c2nccc3sccc23)cc1. The van der Waals surface area contributed by atoms with Gasteiger partial charge in [0.2, 0.25) is 0 Å². The summed E-state index contributed by atoms with van der Waals surface area (Å²) in [6, 6.07) is 11.4. The van der Waals surface area contributed by atoms with Gasteiger partial charge in [-0.15, -0.1) is 11.3 Å². The third-order valence-electron chi connectivity index (χ3n) is 3.36. The molecule has 22 heavy (non-hydrogen) atoms. The van der Waals surface area contributed by atoms with Crippen molar-refractivity contribution in [3.05, 3.63) is 53.5 Å². The van der Waals surface area contributed by atoms with Crippen LogP contribution < -0.4 is 5.32 Å². The maximum Gasteiger partial charge on any atom is 0.251 e. The number of nitrogens with one attached hydrogen (secondary N) is 1. The van der Waals surface area contributed by atoms with Crippen LogP contribution >= 0.6 is 11.3 Å². The molecule has 3 rings (SSSR count). The number of aromatic nitrogens is 1. The molecule has 1 aromatic carbocycles. The van der Waals surface area contributed by atoms with Crippen molar-refractivity contribution in [3.8, 4) is 11.3 Å². The van der Waals surface area contributed by atoms with Crippen LogP contribution in [0.4, 0.5) is 0 Å². The van der Waals surface area contributed by atoms with Crippen LogP contribution in [0, 0.1) is 0 Å². The van der Waals surface area contributed by atoms with Gasteiger partial charge in [-0.25, -0.2) is 0 Å². The Kier molecular flexibility index (Phi) is 4.18. The predicted octanol–water partition coefficient (Wildman–Crippen LogP) is 3.07. The van der Waals surface area contributed by atoms with Crippen LogP contribution in [0.3, 0.4) is 0 Å². The number of benzene rings is 1. The van der Waals surface area contributed by atoms with Crippen LogP contribution in [0.5, 0.6) is 0 Å². The van der Waals surface area contributed by atoms with Crippen molar-refractivity contribution in [2.24, 2.45) is 0 Å². The van der Waals surface area contributed by atoms with Gasteiger partial charge in [0, 0.05) is 34.0 Å². The van der Waals surface area contributed by atoms with E-state index in [0.29, 0.717) is 5.56 Å². The third kappa shape index (κ3) is 3.00. The Labute approximate surface area is 132 Å². The minimum absolute atomic E-state index is 0.186. The van der Waals surface area contributed by atoms with E-state index in [-0.39, 0.29) is 12.5 Å². The number of amides is 1. The quantitative estimate of drug-likeness (QED) is 0.778. The third-order valence-corrected chi connectivity index (χ3v) is 4.24. The molecule has 0 aliphatic heterocycles. The zero-order chi connectivity index (χ0) is 15.5. The summed E-state index contributed by atoms with van der Waals surface area (Å²) < 4.78 is 1.20. The Morgan fingerprint density at radius 1 is 1.27 bits per heavy atom. The minimum atomic E-state index is -0.552. The van der Waals surface area contributed by atoms with E-state index in [0.717, 1.165) is 16.6 Å². The Bertz CT molecular complexity index is 794. The number of thiophene rings is 1. The molecule has 3 aromatic rings. The normalized spacial score (nSPS) is 12.3. The zero-order valence-electron chi connectivity index (χ0n) is 12.1. The molecule has 5 heteroatoms. The molecule has 1 unspecified atom stereocenters. The second kappa shape index (κ2) is 6.25. The molecule has 1 amide bonds. The van der Waals surface area contributed by atoms with Gasteiger partial charge in [0.15, 0.2) is 0 Å². The number of carbonyl (C=O) groups is 1. The molecule has 0 bridgehead atoms. The number of nitrogens with zero attached hydrogens (tertiary/aromatic N) is 1. The molecule has 0 spiro atoms. The van der Waals surface area contributed by atoms with Crippen molar-refractivity contribution in [1.82, 2.24) is 10.3 Å². The number of carbonyl (C=O) groups excluding carboxylic acids is 1. The largest absolute Gasteiger partial charge is 0.392 e. The number of pyridine rings is 1. The van der Waals surface area contributed by atoms with Crippen molar-refractivity contribution in [2.75, 3.05) is 6.54 Å². The van der Waals surface area contributed by atoms with E-state index < -0.39 is 6.10 Å². The standard InChI is InChI=1S/C17H16N2O2S/c1-11(20)10-19-17(21)13-4-2-12(3-5-13)16-14-7-9-22-15(14)6-8-18-16/h2-9,11,20H,10H2,1H3,(H,19,21). The van der Waals surface area contributed by atoms with Gasteiger partial charge in [-0.3, -0.25) is 9.78 Å². The van der Waals surface area contributed by atoms with Crippen molar-refractivity contribution in [3.63, 3.8) is 0 Å². The minimum Gasteiger partial charge on any atom is -0.392 e. The maximum atomic E-state index is 11.9. The lowest BCUT2D eigenvalue weighted by atomic mass is 10.1. The number of hydrogen-bond donors (Lipinski definition) is 2.